The fraction of sp³-hybridized carbons (Fsp3) is 0.0667. The summed E-state index contributed by atoms with van der Waals surface area (Å²) < 4.78 is 5.22. The molecule has 0 unspecified atom stereocenters. The third-order valence-corrected chi connectivity index (χ3v) is 5.25. The van der Waals surface area contributed by atoms with Crippen LogP contribution in [-0.2, 0) is 0 Å². The van der Waals surface area contributed by atoms with Crippen molar-refractivity contribution in [1.29, 1.82) is 0 Å². The molecule has 33 heavy (non-hydrogen) atoms. The minimum Gasteiger partial charge on any atom is -0.497 e. The lowest BCUT2D eigenvalue weighted by molar-refractivity contribution is 0.415. The summed E-state index contributed by atoms with van der Waals surface area (Å²) in [6, 6.07) is 41.0. The molecule has 6 aromatic rings. The van der Waals surface area contributed by atoms with Crippen LogP contribution in [0.4, 0.5) is 0 Å². The molecule has 0 fully saturated rings. The summed E-state index contributed by atoms with van der Waals surface area (Å²) in [6.07, 6.45) is 0. The van der Waals surface area contributed by atoms with Gasteiger partial charge in [0.25, 0.3) is 0 Å². The van der Waals surface area contributed by atoms with Crippen molar-refractivity contribution in [1.82, 2.24) is 9.97 Å². The van der Waals surface area contributed by atoms with Crippen LogP contribution in [0.1, 0.15) is 5.69 Å². The van der Waals surface area contributed by atoms with Crippen molar-refractivity contribution in [2.45, 2.75) is 6.92 Å². The fourth-order valence-corrected chi connectivity index (χ4v) is 3.61. The maximum Gasteiger partial charge on any atom is 0.120 e. The number of hydrogen-bond acceptors (Lipinski definition) is 1. The number of ether oxygens (including phenoxy) is 1. The van der Waals surface area contributed by atoms with Crippen molar-refractivity contribution < 1.29 is 4.74 Å². The Morgan fingerprint density at radius 3 is 1.82 bits per heavy atom. The van der Waals surface area contributed by atoms with Gasteiger partial charge in [0.15, 0.2) is 0 Å². The molecule has 0 aliphatic heterocycles. The average molecular weight is 433 g/mol. The molecule has 0 spiro atoms. The molecular weight excluding hydrogens is 404 g/mol. The highest BCUT2D eigenvalue weighted by atomic mass is 16.5. The number of hydrogen-bond donors (Lipinski definition) is 2. The van der Waals surface area contributed by atoms with E-state index in [0.717, 1.165) is 17.0 Å². The van der Waals surface area contributed by atoms with Crippen LogP contribution in [0.15, 0.2) is 121 Å². The van der Waals surface area contributed by atoms with E-state index in [-0.39, 0.29) is 0 Å². The molecule has 2 N–H and O–H groups in total. The maximum absolute atomic E-state index is 5.22. The van der Waals surface area contributed by atoms with Crippen molar-refractivity contribution in [3.8, 4) is 17.0 Å². The molecule has 0 aliphatic carbocycles. The van der Waals surface area contributed by atoms with E-state index in [1.165, 1.54) is 27.5 Å². The first kappa shape index (κ1) is 22.0. The Kier molecular flexibility index (Phi) is 7.24. The highest BCUT2D eigenvalue weighted by Gasteiger charge is 2.03. The number of nitrogens with one attached hydrogen (secondary N) is 2. The first-order valence-corrected chi connectivity index (χ1v) is 11.0. The number of rotatable bonds is 2. The van der Waals surface area contributed by atoms with E-state index < -0.39 is 0 Å². The van der Waals surface area contributed by atoms with Gasteiger partial charge in [-0.3, -0.25) is 0 Å². The molecule has 0 saturated heterocycles. The predicted octanol–water partition coefficient (Wildman–Crippen LogP) is 8.01. The number of H-pyrrole nitrogens is 2. The minimum absolute atomic E-state index is 0.874. The minimum atomic E-state index is 0.874. The van der Waals surface area contributed by atoms with Crippen molar-refractivity contribution in [3.05, 3.63) is 127 Å². The van der Waals surface area contributed by atoms with Gasteiger partial charge in [-0.15, -0.1) is 0 Å². The molecule has 0 saturated carbocycles. The van der Waals surface area contributed by atoms with E-state index in [1.807, 2.05) is 72.8 Å². The van der Waals surface area contributed by atoms with E-state index in [9.17, 15) is 0 Å². The van der Waals surface area contributed by atoms with E-state index in [4.69, 9.17) is 4.74 Å². The maximum atomic E-state index is 5.22. The normalized spacial score (nSPS) is 10.1. The van der Waals surface area contributed by atoms with Crippen LogP contribution in [0.2, 0.25) is 0 Å². The first-order chi connectivity index (χ1) is 16.2. The Morgan fingerprint density at radius 2 is 1.15 bits per heavy atom. The van der Waals surface area contributed by atoms with Gasteiger partial charge in [-0.25, -0.2) is 0 Å². The lowest BCUT2D eigenvalue weighted by Gasteiger charge is -1.98. The molecule has 4 aromatic carbocycles. The van der Waals surface area contributed by atoms with E-state index in [2.05, 4.69) is 65.4 Å². The second-order valence-corrected chi connectivity index (χ2v) is 7.70. The Labute approximate surface area is 194 Å². The number of methoxy groups -OCH3 is 1. The molecular formula is C30H28N2O. The SMILES string of the molecule is COc1ccc2cc(-c3ccccc3)[nH]c2c1.Cc1cc2ccccc2[nH]1.c1ccccc1. The smallest absolute Gasteiger partial charge is 0.120 e. The molecule has 2 heterocycles. The highest BCUT2D eigenvalue weighted by molar-refractivity contribution is 5.86. The van der Waals surface area contributed by atoms with Gasteiger partial charge in [-0.05, 0) is 48.2 Å². The average Bonchev–Trinajstić information content (AvgIpc) is 3.48. The number of aromatic amines is 2. The van der Waals surface area contributed by atoms with Crippen LogP contribution in [0.5, 0.6) is 5.75 Å². The Hall–Kier alpha value is -4.24. The number of fused-ring (bicyclic) bond motifs is 2. The summed E-state index contributed by atoms with van der Waals surface area (Å²) in [4.78, 5) is 6.66. The molecule has 0 radical (unpaired) electrons. The monoisotopic (exact) mass is 432 g/mol. The van der Waals surface area contributed by atoms with E-state index >= 15 is 0 Å². The molecule has 3 nitrogen and oxygen atoms in total. The standard InChI is InChI=1S/C15H13NO.C9H9N.C6H6/c1-17-13-8-7-12-9-14(16-15(12)10-13)11-5-3-2-4-6-11;1-7-6-8-4-2-3-5-9(8)10-7;1-2-4-6-5-3-1/h2-10,16H,1H3;2-6,10H,1H3;1-6H. The predicted molar refractivity (Wildman–Crippen MR) is 140 cm³/mol. The molecule has 0 aliphatic rings. The third-order valence-electron chi connectivity index (χ3n) is 5.25. The van der Waals surface area contributed by atoms with Crippen LogP contribution in [0, 0.1) is 6.92 Å². The summed E-state index contributed by atoms with van der Waals surface area (Å²) in [5.74, 6) is 0.874. The lowest BCUT2D eigenvalue weighted by Crippen LogP contribution is -1.81. The fourth-order valence-electron chi connectivity index (χ4n) is 3.61. The zero-order chi connectivity index (χ0) is 22.9. The number of aromatic nitrogens is 2. The summed E-state index contributed by atoms with van der Waals surface area (Å²) in [7, 11) is 1.68. The second-order valence-electron chi connectivity index (χ2n) is 7.70. The van der Waals surface area contributed by atoms with Crippen LogP contribution >= 0.6 is 0 Å². The molecule has 6 rings (SSSR count). The summed E-state index contributed by atoms with van der Waals surface area (Å²) in [6.45, 7) is 2.07. The number of benzene rings is 4. The first-order valence-electron chi connectivity index (χ1n) is 11.0. The third kappa shape index (κ3) is 5.92. The van der Waals surface area contributed by atoms with Crippen molar-refractivity contribution >= 4 is 21.8 Å². The van der Waals surface area contributed by atoms with Gasteiger partial charge < -0.3 is 14.7 Å². The summed E-state index contributed by atoms with van der Waals surface area (Å²) >= 11 is 0. The van der Waals surface area contributed by atoms with Crippen molar-refractivity contribution in [2.24, 2.45) is 0 Å². The Balaban J connectivity index is 0.000000136. The highest BCUT2D eigenvalue weighted by Crippen LogP contribution is 2.26. The van der Waals surface area contributed by atoms with Crippen LogP contribution in [-0.4, -0.2) is 17.1 Å². The van der Waals surface area contributed by atoms with E-state index in [1.54, 1.807) is 7.11 Å². The quantitative estimate of drug-likeness (QED) is 0.286. The molecule has 164 valence electrons. The molecule has 0 amide bonds. The van der Waals surface area contributed by atoms with E-state index in [0.29, 0.717) is 0 Å². The molecule has 3 heteroatoms. The number of para-hydroxylation sites is 1. The van der Waals surface area contributed by atoms with Gasteiger partial charge in [0, 0.05) is 33.9 Å². The molecule has 2 aromatic heterocycles. The van der Waals surface area contributed by atoms with Crippen LogP contribution < -0.4 is 4.74 Å². The van der Waals surface area contributed by atoms with Crippen molar-refractivity contribution in [3.63, 3.8) is 0 Å². The number of aryl methyl sites for hydroxylation is 1. The summed E-state index contributed by atoms with van der Waals surface area (Å²) in [5.41, 5.74) is 5.88. The zero-order valence-electron chi connectivity index (χ0n) is 19.0. The van der Waals surface area contributed by atoms with Gasteiger partial charge in [0.1, 0.15) is 5.75 Å². The Morgan fingerprint density at radius 1 is 0.545 bits per heavy atom. The lowest BCUT2D eigenvalue weighted by atomic mass is 10.1. The van der Waals surface area contributed by atoms with Gasteiger partial charge >= 0.3 is 0 Å². The van der Waals surface area contributed by atoms with Crippen LogP contribution in [0.25, 0.3) is 33.1 Å². The largest absolute Gasteiger partial charge is 0.497 e. The van der Waals surface area contributed by atoms with Gasteiger partial charge in [0.2, 0.25) is 0 Å². The van der Waals surface area contributed by atoms with Gasteiger partial charge in [-0.1, -0.05) is 84.9 Å². The zero-order valence-corrected chi connectivity index (χ0v) is 19.0. The Bertz CT molecular complexity index is 1340. The van der Waals surface area contributed by atoms with Gasteiger partial charge in [0.05, 0.1) is 7.11 Å². The van der Waals surface area contributed by atoms with Crippen LogP contribution in [0.3, 0.4) is 0 Å². The van der Waals surface area contributed by atoms with Gasteiger partial charge in [-0.2, -0.15) is 0 Å². The van der Waals surface area contributed by atoms with Crippen molar-refractivity contribution in [2.75, 3.05) is 7.11 Å². The second kappa shape index (κ2) is 10.9. The molecule has 0 bridgehead atoms. The topological polar surface area (TPSA) is 40.8 Å². The summed E-state index contributed by atoms with van der Waals surface area (Å²) in [5, 5.41) is 2.49. The molecule has 0 atom stereocenters.